The second kappa shape index (κ2) is 5.36. The predicted octanol–water partition coefficient (Wildman–Crippen LogP) is 2.20. The highest BCUT2D eigenvalue weighted by Gasteiger charge is 2.30. The van der Waals surface area contributed by atoms with Crippen LogP contribution >= 0.6 is 0 Å². The fraction of sp³-hybridized carbons (Fsp3) is 0.125. The van der Waals surface area contributed by atoms with Gasteiger partial charge >= 0.3 is 0 Å². The summed E-state index contributed by atoms with van der Waals surface area (Å²) in [6.45, 7) is 1.70. The lowest BCUT2D eigenvalue weighted by atomic mass is 10.1. The van der Waals surface area contributed by atoms with Gasteiger partial charge in [-0.25, -0.2) is 0 Å². The minimum atomic E-state index is -0.132. The zero-order valence-corrected chi connectivity index (χ0v) is 10.6. The molecule has 0 saturated heterocycles. The van der Waals surface area contributed by atoms with E-state index in [1.165, 1.54) is 13.0 Å². The third-order valence-electron chi connectivity index (χ3n) is 2.80. The normalized spacial score (nSPS) is 15.9. The third kappa shape index (κ3) is 2.48. The maximum atomic E-state index is 12.3. The van der Waals surface area contributed by atoms with Crippen molar-refractivity contribution in [3.05, 3.63) is 48.1 Å². The van der Waals surface area contributed by atoms with E-state index in [0.717, 1.165) is 11.3 Å². The summed E-state index contributed by atoms with van der Waals surface area (Å²) in [6.07, 6.45) is 9.96. The van der Waals surface area contributed by atoms with Crippen LogP contribution in [0.25, 0.3) is 5.57 Å². The highest BCUT2D eigenvalue weighted by Crippen LogP contribution is 2.36. The number of terminal acetylenes is 1. The summed E-state index contributed by atoms with van der Waals surface area (Å²) in [4.78, 5) is 24.7. The average molecular weight is 251 g/mol. The molecule has 0 bridgehead atoms. The first-order chi connectivity index (χ1) is 9.15. The Hall–Kier alpha value is -2.60. The molecule has 1 heterocycles. The van der Waals surface area contributed by atoms with E-state index in [1.807, 2.05) is 24.3 Å². The number of rotatable bonds is 3. The van der Waals surface area contributed by atoms with Crippen LogP contribution in [0.4, 0.5) is 5.69 Å². The van der Waals surface area contributed by atoms with E-state index in [4.69, 9.17) is 6.42 Å². The molecule has 0 fully saturated rings. The zero-order valence-electron chi connectivity index (χ0n) is 10.6. The van der Waals surface area contributed by atoms with Gasteiger partial charge in [-0.15, -0.1) is 6.42 Å². The Kier molecular flexibility index (Phi) is 3.63. The van der Waals surface area contributed by atoms with Gasteiger partial charge < -0.3 is 0 Å². The fourth-order valence-corrected chi connectivity index (χ4v) is 2.00. The standard InChI is InChI=1S/C16H13NO2/c1-3-11-17-15-10-5-4-8-13(15)14(16(17)19)9-6-7-12(2)18/h1,4-10H,11H2,2H3/b7-6+,14-9-. The molecule has 0 radical (unpaired) electrons. The fourth-order valence-electron chi connectivity index (χ4n) is 2.00. The molecular weight excluding hydrogens is 238 g/mol. The molecule has 0 aromatic heterocycles. The smallest absolute Gasteiger partial charge is 0.259 e. The molecule has 1 amide bonds. The summed E-state index contributed by atoms with van der Waals surface area (Å²) < 4.78 is 0. The molecule has 3 nitrogen and oxygen atoms in total. The van der Waals surface area contributed by atoms with Gasteiger partial charge in [0.1, 0.15) is 0 Å². The molecule has 0 aliphatic carbocycles. The second-order valence-electron chi connectivity index (χ2n) is 4.16. The lowest BCUT2D eigenvalue weighted by Crippen LogP contribution is -2.26. The number of benzene rings is 1. The van der Waals surface area contributed by atoms with Crippen LogP contribution in [0, 0.1) is 12.3 Å². The quantitative estimate of drug-likeness (QED) is 0.610. The first-order valence-electron chi connectivity index (χ1n) is 5.89. The van der Waals surface area contributed by atoms with Crippen molar-refractivity contribution >= 4 is 23.0 Å². The molecule has 0 spiro atoms. The Bertz CT molecular complexity index is 632. The number of fused-ring (bicyclic) bond motifs is 1. The molecule has 3 heteroatoms. The van der Waals surface area contributed by atoms with Crippen LogP contribution in [0.3, 0.4) is 0 Å². The molecular formula is C16H13NO2. The van der Waals surface area contributed by atoms with Crippen molar-refractivity contribution in [2.45, 2.75) is 6.92 Å². The molecule has 19 heavy (non-hydrogen) atoms. The largest absolute Gasteiger partial charge is 0.296 e. The lowest BCUT2D eigenvalue weighted by Gasteiger charge is -2.12. The van der Waals surface area contributed by atoms with E-state index in [9.17, 15) is 9.59 Å². The van der Waals surface area contributed by atoms with Gasteiger partial charge in [0.2, 0.25) is 0 Å². The third-order valence-corrected chi connectivity index (χ3v) is 2.80. The van der Waals surface area contributed by atoms with Crippen LogP contribution in [-0.2, 0) is 9.59 Å². The molecule has 1 aliphatic rings. The van der Waals surface area contributed by atoms with Gasteiger partial charge in [0.05, 0.1) is 12.2 Å². The first-order valence-corrected chi connectivity index (χ1v) is 5.89. The van der Waals surface area contributed by atoms with Gasteiger partial charge in [-0.05, 0) is 25.1 Å². The summed E-state index contributed by atoms with van der Waals surface area (Å²) in [5.74, 6) is 2.29. The number of anilines is 1. The van der Waals surface area contributed by atoms with E-state index in [-0.39, 0.29) is 18.2 Å². The van der Waals surface area contributed by atoms with Crippen molar-refractivity contribution in [2.24, 2.45) is 0 Å². The number of hydrogen-bond donors (Lipinski definition) is 0. The van der Waals surface area contributed by atoms with Crippen LogP contribution < -0.4 is 4.90 Å². The van der Waals surface area contributed by atoms with E-state index in [2.05, 4.69) is 5.92 Å². The van der Waals surface area contributed by atoms with Gasteiger partial charge in [-0.3, -0.25) is 14.5 Å². The van der Waals surface area contributed by atoms with E-state index >= 15 is 0 Å². The monoisotopic (exact) mass is 251 g/mol. The number of carbonyl (C=O) groups is 2. The number of carbonyl (C=O) groups excluding carboxylic acids is 2. The van der Waals surface area contributed by atoms with Crippen LogP contribution in [0.5, 0.6) is 0 Å². The molecule has 1 aliphatic heterocycles. The minimum absolute atomic E-state index is 0.0592. The number of ketones is 1. The first kappa shape index (κ1) is 12.8. The number of amides is 1. The van der Waals surface area contributed by atoms with E-state index < -0.39 is 0 Å². The van der Waals surface area contributed by atoms with Crippen molar-refractivity contribution in [1.82, 2.24) is 0 Å². The van der Waals surface area contributed by atoms with Gasteiger partial charge in [0.15, 0.2) is 5.78 Å². The van der Waals surface area contributed by atoms with Crippen LogP contribution in [0.15, 0.2) is 42.5 Å². The van der Waals surface area contributed by atoms with Crippen LogP contribution in [-0.4, -0.2) is 18.2 Å². The Labute approximate surface area is 112 Å². The number of allylic oxidation sites excluding steroid dienone is 3. The highest BCUT2D eigenvalue weighted by molar-refractivity contribution is 6.32. The number of nitrogens with zero attached hydrogens (tertiary/aromatic N) is 1. The molecule has 94 valence electrons. The maximum Gasteiger partial charge on any atom is 0.259 e. The number of para-hydroxylation sites is 1. The second-order valence-corrected chi connectivity index (χ2v) is 4.16. The van der Waals surface area contributed by atoms with Crippen molar-refractivity contribution in [3.8, 4) is 12.3 Å². The Morgan fingerprint density at radius 3 is 2.84 bits per heavy atom. The molecule has 0 N–H and O–H groups in total. The summed E-state index contributed by atoms with van der Waals surface area (Å²) in [7, 11) is 0. The van der Waals surface area contributed by atoms with Crippen molar-refractivity contribution < 1.29 is 9.59 Å². The summed E-state index contributed by atoms with van der Waals surface area (Å²) in [5, 5.41) is 0. The number of hydrogen-bond acceptors (Lipinski definition) is 2. The lowest BCUT2D eigenvalue weighted by molar-refractivity contribution is -0.113. The van der Waals surface area contributed by atoms with E-state index in [0.29, 0.717) is 5.57 Å². The van der Waals surface area contributed by atoms with Crippen molar-refractivity contribution in [2.75, 3.05) is 11.4 Å². The maximum absolute atomic E-state index is 12.3. The van der Waals surface area contributed by atoms with Gasteiger partial charge in [0.25, 0.3) is 5.91 Å². The Morgan fingerprint density at radius 2 is 2.16 bits per heavy atom. The Morgan fingerprint density at radius 1 is 1.42 bits per heavy atom. The minimum Gasteiger partial charge on any atom is -0.296 e. The van der Waals surface area contributed by atoms with Gasteiger partial charge in [0, 0.05) is 11.1 Å². The Balaban J connectivity index is 2.44. The summed E-state index contributed by atoms with van der Waals surface area (Å²) in [5.41, 5.74) is 2.22. The molecule has 0 atom stereocenters. The van der Waals surface area contributed by atoms with Gasteiger partial charge in [-0.2, -0.15) is 0 Å². The molecule has 1 aromatic rings. The highest BCUT2D eigenvalue weighted by atomic mass is 16.2. The summed E-state index contributed by atoms with van der Waals surface area (Å²) >= 11 is 0. The SMILES string of the molecule is C#CCN1C(=O)/C(=C\C=C\C(C)=O)c2ccccc21. The average Bonchev–Trinajstić information content (AvgIpc) is 2.65. The molecule has 1 aromatic carbocycles. The topological polar surface area (TPSA) is 37.4 Å². The predicted molar refractivity (Wildman–Crippen MR) is 75.4 cm³/mol. The molecule has 2 rings (SSSR count). The molecule has 0 unspecified atom stereocenters. The van der Waals surface area contributed by atoms with Gasteiger partial charge in [-0.1, -0.05) is 30.2 Å². The van der Waals surface area contributed by atoms with Crippen molar-refractivity contribution in [1.29, 1.82) is 0 Å². The zero-order chi connectivity index (χ0) is 13.8. The van der Waals surface area contributed by atoms with E-state index in [1.54, 1.807) is 17.1 Å². The van der Waals surface area contributed by atoms with Crippen molar-refractivity contribution in [3.63, 3.8) is 0 Å². The van der Waals surface area contributed by atoms with Crippen LogP contribution in [0.1, 0.15) is 12.5 Å². The van der Waals surface area contributed by atoms with Crippen LogP contribution in [0.2, 0.25) is 0 Å². The molecule has 0 saturated carbocycles. The summed E-state index contributed by atoms with van der Waals surface area (Å²) in [6, 6.07) is 7.47.